The van der Waals surface area contributed by atoms with E-state index in [-0.39, 0.29) is 17.7 Å². The molecule has 0 radical (unpaired) electrons. The van der Waals surface area contributed by atoms with E-state index in [0.717, 1.165) is 10.4 Å². The average molecular weight is 371 g/mol. The Morgan fingerprint density at radius 2 is 1.92 bits per heavy atom. The van der Waals surface area contributed by atoms with Crippen LogP contribution in [0.5, 0.6) is 0 Å². The van der Waals surface area contributed by atoms with Crippen LogP contribution in [0.15, 0.2) is 65.7 Å². The highest BCUT2D eigenvalue weighted by Crippen LogP contribution is 2.30. The highest BCUT2D eigenvalue weighted by molar-refractivity contribution is 7.21. The van der Waals surface area contributed by atoms with Crippen LogP contribution in [-0.4, -0.2) is 9.55 Å². The van der Waals surface area contributed by atoms with Gasteiger partial charge in [0.2, 0.25) is 0 Å². The third kappa shape index (κ3) is 2.97. The van der Waals surface area contributed by atoms with Crippen LogP contribution in [0.2, 0.25) is 5.02 Å². The molecule has 4 rings (SSSR count). The molecule has 0 amide bonds. The molecular weight excluding hydrogens is 359 g/mol. The molecule has 3 nitrogen and oxygen atoms in total. The number of halogens is 2. The Kier molecular flexibility index (Phi) is 4.11. The van der Waals surface area contributed by atoms with E-state index >= 15 is 0 Å². The number of rotatable bonds is 3. The maximum Gasteiger partial charge on any atom is 0.262 e. The first-order valence-electron chi connectivity index (χ1n) is 7.61. The molecule has 0 fully saturated rings. The van der Waals surface area contributed by atoms with Gasteiger partial charge >= 0.3 is 0 Å². The molecule has 0 saturated carbocycles. The summed E-state index contributed by atoms with van der Waals surface area (Å²) in [7, 11) is 0. The van der Waals surface area contributed by atoms with E-state index < -0.39 is 5.82 Å². The van der Waals surface area contributed by atoms with Crippen LogP contribution in [0.25, 0.3) is 20.7 Å². The third-order valence-corrected chi connectivity index (χ3v) is 5.41. The van der Waals surface area contributed by atoms with Crippen molar-refractivity contribution in [2.24, 2.45) is 0 Å². The molecule has 0 aliphatic carbocycles. The zero-order chi connectivity index (χ0) is 17.4. The molecule has 0 aliphatic heterocycles. The van der Waals surface area contributed by atoms with Crippen molar-refractivity contribution >= 4 is 33.2 Å². The zero-order valence-corrected chi connectivity index (χ0v) is 14.5. The molecule has 0 spiro atoms. The molecule has 0 atom stereocenters. The fourth-order valence-corrected chi connectivity index (χ4v) is 3.89. The first-order chi connectivity index (χ1) is 12.1. The van der Waals surface area contributed by atoms with E-state index in [2.05, 4.69) is 4.98 Å². The molecule has 6 heteroatoms. The van der Waals surface area contributed by atoms with Gasteiger partial charge in [0.1, 0.15) is 10.6 Å². The number of fused-ring (bicyclic) bond motifs is 1. The third-order valence-electron chi connectivity index (χ3n) is 3.97. The van der Waals surface area contributed by atoms with Gasteiger partial charge in [0, 0.05) is 15.5 Å². The van der Waals surface area contributed by atoms with Gasteiger partial charge in [0.05, 0.1) is 18.3 Å². The second-order valence-electron chi connectivity index (χ2n) is 5.57. The van der Waals surface area contributed by atoms with Gasteiger partial charge in [0.25, 0.3) is 5.56 Å². The molecule has 2 aromatic heterocycles. The van der Waals surface area contributed by atoms with E-state index in [1.807, 2.05) is 36.4 Å². The van der Waals surface area contributed by atoms with E-state index in [9.17, 15) is 9.18 Å². The monoisotopic (exact) mass is 370 g/mol. The van der Waals surface area contributed by atoms with Gasteiger partial charge in [-0.25, -0.2) is 9.37 Å². The number of thiophene rings is 1. The van der Waals surface area contributed by atoms with E-state index in [0.29, 0.717) is 15.2 Å². The standard InChI is InChI=1S/C19H12ClFN2OS/c20-15-7-4-8-16(21)14(15)10-23-11-22-18-13(19(23)24)9-17(25-18)12-5-2-1-3-6-12/h1-9,11H,10H2. The second kappa shape index (κ2) is 6.43. The lowest BCUT2D eigenvalue weighted by atomic mass is 10.2. The lowest BCUT2D eigenvalue weighted by molar-refractivity contribution is 0.595. The highest BCUT2D eigenvalue weighted by atomic mass is 35.5. The molecule has 0 aliphatic rings. The summed E-state index contributed by atoms with van der Waals surface area (Å²) < 4.78 is 15.4. The highest BCUT2D eigenvalue weighted by Gasteiger charge is 2.13. The van der Waals surface area contributed by atoms with E-state index in [4.69, 9.17) is 11.6 Å². The van der Waals surface area contributed by atoms with Crippen LogP contribution < -0.4 is 5.56 Å². The Morgan fingerprint density at radius 3 is 2.68 bits per heavy atom. The lowest BCUT2D eigenvalue weighted by Gasteiger charge is -2.08. The topological polar surface area (TPSA) is 34.9 Å². The Bertz CT molecular complexity index is 1100. The lowest BCUT2D eigenvalue weighted by Crippen LogP contribution is -2.21. The predicted molar refractivity (Wildman–Crippen MR) is 99.8 cm³/mol. The number of benzene rings is 2. The Balaban J connectivity index is 1.79. The quantitative estimate of drug-likeness (QED) is 0.510. The Morgan fingerprint density at radius 1 is 1.12 bits per heavy atom. The van der Waals surface area contributed by atoms with Crippen LogP contribution in [0.4, 0.5) is 4.39 Å². The van der Waals surface area contributed by atoms with Crippen molar-refractivity contribution in [1.29, 1.82) is 0 Å². The van der Waals surface area contributed by atoms with Gasteiger partial charge in [-0.3, -0.25) is 9.36 Å². The van der Waals surface area contributed by atoms with Crippen LogP contribution in [0, 0.1) is 5.82 Å². The maximum absolute atomic E-state index is 14.0. The fraction of sp³-hybridized carbons (Fsp3) is 0.0526. The van der Waals surface area contributed by atoms with Gasteiger partial charge in [-0.2, -0.15) is 0 Å². The number of hydrogen-bond acceptors (Lipinski definition) is 3. The van der Waals surface area contributed by atoms with Crippen molar-refractivity contribution in [1.82, 2.24) is 9.55 Å². The molecule has 25 heavy (non-hydrogen) atoms. The number of aromatic nitrogens is 2. The van der Waals surface area contributed by atoms with Crippen molar-refractivity contribution in [3.8, 4) is 10.4 Å². The summed E-state index contributed by atoms with van der Waals surface area (Å²) in [4.78, 5) is 18.8. The van der Waals surface area contributed by atoms with Crippen LogP contribution in [0.1, 0.15) is 5.56 Å². The summed E-state index contributed by atoms with van der Waals surface area (Å²) in [5.74, 6) is -0.435. The summed E-state index contributed by atoms with van der Waals surface area (Å²) >= 11 is 7.52. The summed E-state index contributed by atoms with van der Waals surface area (Å²) in [5.41, 5.74) is 1.11. The number of nitrogens with zero attached hydrogens (tertiary/aromatic N) is 2. The molecular formula is C19H12ClFN2OS. The predicted octanol–water partition coefficient (Wildman–Crippen LogP) is 4.97. The van der Waals surface area contributed by atoms with E-state index in [1.165, 1.54) is 34.4 Å². The van der Waals surface area contributed by atoms with Crippen molar-refractivity contribution in [3.63, 3.8) is 0 Å². The minimum absolute atomic E-state index is 0.0454. The zero-order valence-electron chi connectivity index (χ0n) is 12.9. The fourth-order valence-electron chi connectivity index (χ4n) is 2.67. The summed E-state index contributed by atoms with van der Waals surface area (Å²) in [6.07, 6.45) is 1.44. The first kappa shape index (κ1) is 16.0. The molecule has 124 valence electrons. The van der Waals surface area contributed by atoms with Crippen molar-refractivity contribution in [3.05, 3.63) is 87.7 Å². The van der Waals surface area contributed by atoms with Crippen molar-refractivity contribution in [2.75, 3.05) is 0 Å². The number of hydrogen-bond donors (Lipinski definition) is 0. The molecule has 2 heterocycles. The maximum atomic E-state index is 14.0. The smallest absolute Gasteiger partial charge is 0.262 e. The Labute approximate surface area is 152 Å². The average Bonchev–Trinajstić information content (AvgIpc) is 3.06. The van der Waals surface area contributed by atoms with Crippen LogP contribution in [0.3, 0.4) is 0 Å². The molecule has 0 N–H and O–H groups in total. The summed E-state index contributed by atoms with van der Waals surface area (Å²) in [6.45, 7) is 0.0454. The van der Waals surface area contributed by atoms with Gasteiger partial charge < -0.3 is 0 Å². The minimum Gasteiger partial charge on any atom is -0.294 e. The van der Waals surface area contributed by atoms with Gasteiger partial charge in [-0.1, -0.05) is 48.0 Å². The van der Waals surface area contributed by atoms with E-state index in [1.54, 1.807) is 6.07 Å². The van der Waals surface area contributed by atoms with Gasteiger partial charge in [-0.05, 0) is 23.8 Å². The molecule has 0 saturated heterocycles. The normalized spacial score (nSPS) is 11.1. The molecule has 0 bridgehead atoms. The van der Waals surface area contributed by atoms with Crippen molar-refractivity contribution in [2.45, 2.75) is 6.54 Å². The largest absolute Gasteiger partial charge is 0.294 e. The summed E-state index contributed by atoms with van der Waals surface area (Å²) in [6, 6.07) is 16.1. The SMILES string of the molecule is O=c1c2cc(-c3ccccc3)sc2ncn1Cc1c(F)cccc1Cl. The first-order valence-corrected chi connectivity index (χ1v) is 8.80. The van der Waals surface area contributed by atoms with Crippen LogP contribution >= 0.6 is 22.9 Å². The molecule has 4 aromatic rings. The summed E-state index contributed by atoms with van der Waals surface area (Å²) in [5, 5.41) is 0.820. The van der Waals surface area contributed by atoms with Crippen LogP contribution in [-0.2, 0) is 6.54 Å². The molecule has 2 aromatic carbocycles. The Hall–Kier alpha value is -2.50. The minimum atomic E-state index is -0.435. The molecule has 0 unspecified atom stereocenters. The second-order valence-corrected chi connectivity index (χ2v) is 7.01. The van der Waals surface area contributed by atoms with Crippen molar-refractivity contribution < 1.29 is 4.39 Å². The van der Waals surface area contributed by atoms with Gasteiger partial charge in [-0.15, -0.1) is 11.3 Å². The van der Waals surface area contributed by atoms with Gasteiger partial charge in [0.15, 0.2) is 0 Å².